The molecule has 2 N–H and O–H groups in total. The normalized spacial score (nSPS) is 20.3. The van der Waals surface area contributed by atoms with Crippen LogP contribution in [0.1, 0.15) is 24.8 Å². The van der Waals surface area contributed by atoms with Gasteiger partial charge >= 0.3 is 0 Å². The third kappa shape index (κ3) is 2.07. The second-order valence-corrected chi connectivity index (χ2v) is 7.59. The zero-order chi connectivity index (χ0) is 14.4. The van der Waals surface area contributed by atoms with Crippen LogP contribution in [0.25, 0.3) is 0 Å². The fourth-order valence-electron chi connectivity index (χ4n) is 2.98. The predicted molar refractivity (Wildman–Crippen MR) is 75.1 cm³/mol. The summed E-state index contributed by atoms with van der Waals surface area (Å²) in [6.07, 6.45) is 4.15. The number of hydrogen-bond donors (Lipinski definition) is 1. The van der Waals surface area contributed by atoms with Gasteiger partial charge in [-0.3, -0.25) is 0 Å². The summed E-state index contributed by atoms with van der Waals surface area (Å²) in [5.41, 5.74) is 6.48. The van der Waals surface area contributed by atoms with Crippen LogP contribution >= 0.6 is 0 Å². The van der Waals surface area contributed by atoms with E-state index in [1.807, 2.05) is 6.07 Å². The van der Waals surface area contributed by atoms with Gasteiger partial charge in [-0.05, 0) is 24.5 Å². The molecule has 2 aliphatic rings. The zero-order valence-corrected chi connectivity index (χ0v) is 12.3. The lowest BCUT2D eigenvalue weighted by Gasteiger charge is -2.42. The van der Waals surface area contributed by atoms with E-state index in [4.69, 9.17) is 15.2 Å². The molecule has 0 bridgehead atoms. The molecule has 0 aromatic heterocycles. The standard InChI is InChI=1S/C14H19NO4S/c1-20(16,17)13-8-12-11(18-5-6-19-12)7-10(13)14(9-15)3-2-4-14/h7-8H,2-6,9,15H2,1H3. The van der Waals surface area contributed by atoms with Crippen LogP contribution < -0.4 is 15.2 Å². The van der Waals surface area contributed by atoms with Crippen molar-refractivity contribution < 1.29 is 17.9 Å². The molecule has 5 nitrogen and oxygen atoms in total. The Morgan fingerprint density at radius 1 is 1.20 bits per heavy atom. The molecular weight excluding hydrogens is 278 g/mol. The van der Waals surface area contributed by atoms with Gasteiger partial charge in [-0.15, -0.1) is 0 Å². The third-order valence-electron chi connectivity index (χ3n) is 4.32. The average molecular weight is 297 g/mol. The van der Waals surface area contributed by atoms with Crippen LogP contribution in [-0.2, 0) is 15.3 Å². The Balaban J connectivity index is 2.21. The quantitative estimate of drug-likeness (QED) is 0.908. The lowest BCUT2D eigenvalue weighted by atomic mass is 9.64. The lowest BCUT2D eigenvalue weighted by molar-refractivity contribution is 0.169. The first-order valence-corrected chi connectivity index (χ1v) is 8.70. The molecule has 6 heteroatoms. The number of sulfone groups is 1. The van der Waals surface area contributed by atoms with E-state index in [2.05, 4.69) is 0 Å². The number of fused-ring (bicyclic) bond motifs is 1. The first-order chi connectivity index (χ1) is 9.46. The maximum atomic E-state index is 12.1. The smallest absolute Gasteiger partial charge is 0.175 e. The molecule has 1 saturated carbocycles. The Kier molecular flexibility index (Phi) is 3.17. The predicted octanol–water partition coefficient (Wildman–Crippen LogP) is 1.24. The minimum atomic E-state index is -3.33. The fraction of sp³-hybridized carbons (Fsp3) is 0.571. The second-order valence-electron chi connectivity index (χ2n) is 5.60. The zero-order valence-electron chi connectivity index (χ0n) is 11.5. The van der Waals surface area contributed by atoms with E-state index in [0.29, 0.717) is 36.2 Å². The molecule has 3 rings (SSSR count). The molecule has 1 aliphatic heterocycles. The van der Waals surface area contributed by atoms with Crippen molar-refractivity contribution in [1.29, 1.82) is 0 Å². The molecule has 1 aromatic carbocycles. The first-order valence-electron chi connectivity index (χ1n) is 6.80. The van der Waals surface area contributed by atoms with Gasteiger partial charge in [0, 0.05) is 24.3 Å². The molecule has 1 heterocycles. The van der Waals surface area contributed by atoms with Gasteiger partial charge in [0.15, 0.2) is 21.3 Å². The van der Waals surface area contributed by atoms with Gasteiger partial charge in [0.1, 0.15) is 13.2 Å². The maximum Gasteiger partial charge on any atom is 0.175 e. The average Bonchev–Trinajstić information content (AvgIpc) is 2.36. The maximum absolute atomic E-state index is 12.1. The number of benzene rings is 1. The van der Waals surface area contributed by atoms with Crippen LogP contribution in [0.4, 0.5) is 0 Å². The van der Waals surface area contributed by atoms with Crippen LogP contribution in [0.5, 0.6) is 11.5 Å². The minimum absolute atomic E-state index is 0.228. The summed E-state index contributed by atoms with van der Waals surface area (Å²) >= 11 is 0. The lowest BCUT2D eigenvalue weighted by Crippen LogP contribution is -2.42. The van der Waals surface area contributed by atoms with E-state index in [9.17, 15) is 8.42 Å². The minimum Gasteiger partial charge on any atom is -0.486 e. The van der Waals surface area contributed by atoms with Gasteiger partial charge in [-0.2, -0.15) is 0 Å². The van der Waals surface area contributed by atoms with E-state index >= 15 is 0 Å². The second kappa shape index (κ2) is 4.63. The first kappa shape index (κ1) is 13.7. The van der Waals surface area contributed by atoms with Gasteiger partial charge in [-0.1, -0.05) is 6.42 Å². The molecule has 0 amide bonds. The number of rotatable bonds is 3. The van der Waals surface area contributed by atoms with Crippen molar-refractivity contribution in [2.24, 2.45) is 5.73 Å². The summed E-state index contributed by atoms with van der Waals surface area (Å²) in [5, 5.41) is 0. The molecule has 0 saturated heterocycles. The van der Waals surface area contributed by atoms with E-state index in [0.717, 1.165) is 24.8 Å². The summed E-state index contributed by atoms with van der Waals surface area (Å²) < 4.78 is 35.3. The molecule has 1 fully saturated rings. The summed E-state index contributed by atoms with van der Waals surface area (Å²) in [6, 6.07) is 3.41. The summed E-state index contributed by atoms with van der Waals surface area (Å²) in [6.45, 7) is 1.38. The highest BCUT2D eigenvalue weighted by Crippen LogP contribution is 2.48. The summed E-state index contributed by atoms with van der Waals surface area (Å²) in [7, 11) is -3.33. The fourth-order valence-corrected chi connectivity index (χ4v) is 3.97. The van der Waals surface area contributed by atoms with Crippen LogP contribution in [-0.4, -0.2) is 34.4 Å². The van der Waals surface area contributed by atoms with E-state index in [1.165, 1.54) is 6.26 Å². The molecular formula is C14H19NO4S. The highest BCUT2D eigenvalue weighted by Gasteiger charge is 2.41. The highest BCUT2D eigenvalue weighted by atomic mass is 32.2. The number of hydrogen-bond acceptors (Lipinski definition) is 5. The van der Waals surface area contributed by atoms with E-state index in [1.54, 1.807) is 6.07 Å². The number of ether oxygens (including phenoxy) is 2. The summed E-state index contributed by atoms with van der Waals surface area (Å²) in [5.74, 6) is 1.13. The molecule has 20 heavy (non-hydrogen) atoms. The van der Waals surface area contributed by atoms with Crippen molar-refractivity contribution >= 4 is 9.84 Å². The Morgan fingerprint density at radius 3 is 2.25 bits per heavy atom. The molecule has 0 unspecified atom stereocenters. The monoisotopic (exact) mass is 297 g/mol. The van der Waals surface area contributed by atoms with Gasteiger partial charge in [-0.25, -0.2) is 8.42 Å². The molecule has 0 spiro atoms. The van der Waals surface area contributed by atoms with Crippen molar-refractivity contribution in [3.63, 3.8) is 0 Å². The van der Waals surface area contributed by atoms with Gasteiger partial charge in [0.05, 0.1) is 4.90 Å². The van der Waals surface area contributed by atoms with Gasteiger partial charge in [0.25, 0.3) is 0 Å². The van der Waals surface area contributed by atoms with Crippen molar-refractivity contribution in [3.05, 3.63) is 17.7 Å². The largest absolute Gasteiger partial charge is 0.486 e. The Hall–Kier alpha value is -1.27. The topological polar surface area (TPSA) is 78.6 Å². The highest BCUT2D eigenvalue weighted by molar-refractivity contribution is 7.90. The van der Waals surface area contributed by atoms with Crippen molar-refractivity contribution in [2.75, 3.05) is 26.0 Å². The van der Waals surface area contributed by atoms with Crippen LogP contribution in [0.15, 0.2) is 17.0 Å². The number of nitrogens with two attached hydrogens (primary N) is 1. The van der Waals surface area contributed by atoms with Crippen molar-refractivity contribution in [2.45, 2.75) is 29.6 Å². The Morgan fingerprint density at radius 2 is 1.80 bits per heavy atom. The van der Waals surface area contributed by atoms with E-state index < -0.39 is 9.84 Å². The van der Waals surface area contributed by atoms with Gasteiger partial charge in [0.2, 0.25) is 0 Å². The molecule has 0 radical (unpaired) electrons. The third-order valence-corrected chi connectivity index (χ3v) is 5.45. The summed E-state index contributed by atoms with van der Waals surface area (Å²) in [4.78, 5) is 0.326. The molecule has 110 valence electrons. The Labute approximate surface area is 119 Å². The van der Waals surface area contributed by atoms with Crippen LogP contribution in [0.2, 0.25) is 0 Å². The van der Waals surface area contributed by atoms with Crippen LogP contribution in [0, 0.1) is 0 Å². The Bertz CT molecular complexity index is 629. The molecule has 1 aromatic rings. The SMILES string of the molecule is CS(=O)(=O)c1cc2c(cc1C1(CN)CCC1)OCCO2. The van der Waals surface area contributed by atoms with Crippen molar-refractivity contribution in [1.82, 2.24) is 0 Å². The van der Waals surface area contributed by atoms with Crippen molar-refractivity contribution in [3.8, 4) is 11.5 Å². The molecule has 0 atom stereocenters. The van der Waals surface area contributed by atoms with Gasteiger partial charge < -0.3 is 15.2 Å². The van der Waals surface area contributed by atoms with Crippen LogP contribution in [0.3, 0.4) is 0 Å². The van der Waals surface area contributed by atoms with E-state index in [-0.39, 0.29) is 5.41 Å². The molecule has 1 aliphatic carbocycles.